The molecule has 0 spiro atoms. The second-order valence-corrected chi connectivity index (χ2v) is 7.75. The summed E-state index contributed by atoms with van der Waals surface area (Å²) in [6.07, 6.45) is 10.8. The van der Waals surface area contributed by atoms with E-state index in [1.807, 2.05) is 54.9 Å². The highest BCUT2D eigenvalue weighted by Gasteiger charge is 2.30. The average molecular weight is 395 g/mol. The van der Waals surface area contributed by atoms with Gasteiger partial charge in [-0.1, -0.05) is 6.07 Å². The third-order valence-corrected chi connectivity index (χ3v) is 5.46. The van der Waals surface area contributed by atoms with Gasteiger partial charge in [0.1, 0.15) is 5.82 Å². The van der Waals surface area contributed by atoms with E-state index in [0.717, 1.165) is 47.2 Å². The van der Waals surface area contributed by atoms with Gasteiger partial charge in [-0.05, 0) is 37.5 Å². The number of carbonyl (C=O) groups is 1. The molecule has 1 aliphatic heterocycles. The quantitative estimate of drug-likeness (QED) is 0.668. The van der Waals surface area contributed by atoms with E-state index in [2.05, 4.69) is 15.4 Å². The number of rotatable bonds is 5. The Hall–Kier alpha value is -3.00. The molecule has 0 aromatic carbocycles. The summed E-state index contributed by atoms with van der Waals surface area (Å²) >= 11 is 1.53. The van der Waals surface area contributed by atoms with Crippen LogP contribution in [0.4, 0.5) is 10.9 Å². The molecule has 8 heteroatoms. The first-order valence-electron chi connectivity index (χ1n) is 9.21. The molecule has 0 radical (unpaired) electrons. The standard InChI is InChI=1S/C20H22N6OS/c1-14-5-7-18(21-10-14)24-20-23-16(13-28-20)17-4-3-9-26(17)19(27)8-6-15-11-22-25(2)12-15/h5-8,10-13,17H,3-4,9H2,1-2H3,(H,21,23,24)/b8-6+/t17-/m0/s1. The van der Waals surface area contributed by atoms with E-state index >= 15 is 0 Å². The summed E-state index contributed by atoms with van der Waals surface area (Å²) in [6.45, 7) is 2.76. The number of aromatic nitrogens is 4. The summed E-state index contributed by atoms with van der Waals surface area (Å²) in [6, 6.07) is 3.96. The van der Waals surface area contributed by atoms with Crippen LogP contribution in [0.15, 0.2) is 42.2 Å². The minimum Gasteiger partial charge on any atom is -0.331 e. The zero-order valence-electron chi connectivity index (χ0n) is 15.9. The molecule has 144 valence electrons. The highest BCUT2D eigenvalue weighted by molar-refractivity contribution is 7.13. The highest BCUT2D eigenvalue weighted by atomic mass is 32.1. The molecule has 4 heterocycles. The van der Waals surface area contributed by atoms with E-state index in [9.17, 15) is 4.79 Å². The molecule has 0 unspecified atom stereocenters. The third-order valence-electron chi connectivity index (χ3n) is 4.69. The van der Waals surface area contributed by atoms with Gasteiger partial charge in [-0.2, -0.15) is 5.10 Å². The highest BCUT2D eigenvalue weighted by Crippen LogP contribution is 2.34. The molecule has 1 saturated heterocycles. The van der Waals surface area contributed by atoms with Gasteiger partial charge in [0.25, 0.3) is 0 Å². The van der Waals surface area contributed by atoms with Crippen LogP contribution in [0.1, 0.15) is 35.7 Å². The molecule has 0 aliphatic carbocycles. The molecular formula is C20H22N6OS. The molecule has 0 bridgehead atoms. The van der Waals surface area contributed by atoms with Gasteiger partial charge in [0.2, 0.25) is 5.91 Å². The van der Waals surface area contributed by atoms with E-state index in [1.165, 1.54) is 11.3 Å². The van der Waals surface area contributed by atoms with Crippen LogP contribution in [0, 0.1) is 6.92 Å². The van der Waals surface area contributed by atoms with Gasteiger partial charge in [-0.15, -0.1) is 11.3 Å². The molecule has 28 heavy (non-hydrogen) atoms. The topological polar surface area (TPSA) is 75.9 Å². The second-order valence-electron chi connectivity index (χ2n) is 6.89. The van der Waals surface area contributed by atoms with Crippen LogP contribution in [0.5, 0.6) is 0 Å². The summed E-state index contributed by atoms with van der Waals surface area (Å²) in [5, 5.41) is 10.2. The van der Waals surface area contributed by atoms with E-state index < -0.39 is 0 Å². The predicted octanol–water partition coefficient (Wildman–Crippen LogP) is 3.70. The van der Waals surface area contributed by atoms with Crippen molar-refractivity contribution in [3.63, 3.8) is 0 Å². The lowest BCUT2D eigenvalue weighted by Gasteiger charge is -2.21. The van der Waals surface area contributed by atoms with E-state index in [1.54, 1.807) is 17.0 Å². The number of anilines is 2. The fraction of sp³-hybridized carbons (Fsp3) is 0.300. The Bertz CT molecular complexity index is 990. The maximum absolute atomic E-state index is 12.7. The van der Waals surface area contributed by atoms with E-state index in [0.29, 0.717) is 0 Å². The predicted molar refractivity (Wildman–Crippen MR) is 110 cm³/mol. The van der Waals surface area contributed by atoms with Crippen LogP contribution >= 0.6 is 11.3 Å². The smallest absolute Gasteiger partial charge is 0.247 e. The van der Waals surface area contributed by atoms with Crippen molar-refractivity contribution in [2.75, 3.05) is 11.9 Å². The van der Waals surface area contributed by atoms with Crippen LogP contribution in [-0.2, 0) is 11.8 Å². The van der Waals surface area contributed by atoms with Crippen molar-refractivity contribution in [1.82, 2.24) is 24.6 Å². The Kier molecular flexibility index (Phi) is 5.21. The third kappa shape index (κ3) is 4.12. The van der Waals surface area contributed by atoms with Crippen molar-refractivity contribution in [3.8, 4) is 0 Å². The van der Waals surface area contributed by atoms with Crippen LogP contribution in [0.25, 0.3) is 6.08 Å². The first-order valence-corrected chi connectivity index (χ1v) is 10.1. The fourth-order valence-electron chi connectivity index (χ4n) is 3.28. The zero-order valence-corrected chi connectivity index (χ0v) is 16.7. The number of pyridine rings is 1. The van der Waals surface area contributed by atoms with Gasteiger partial charge < -0.3 is 10.2 Å². The van der Waals surface area contributed by atoms with Gasteiger partial charge in [-0.3, -0.25) is 9.48 Å². The molecule has 4 rings (SSSR count). The number of hydrogen-bond acceptors (Lipinski definition) is 6. The summed E-state index contributed by atoms with van der Waals surface area (Å²) in [5.74, 6) is 0.777. The average Bonchev–Trinajstić information content (AvgIpc) is 3.42. The number of aryl methyl sites for hydroxylation is 2. The molecular weight excluding hydrogens is 372 g/mol. The molecule has 1 fully saturated rings. The van der Waals surface area contributed by atoms with Gasteiger partial charge in [0, 0.05) is 43.0 Å². The summed E-state index contributed by atoms with van der Waals surface area (Å²) < 4.78 is 1.72. The first-order chi connectivity index (χ1) is 13.6. The van der Waals surface area contributed by atoms with Crippen LogP contribution in [0.3, 0.4) is 0 Å². The number of thiazole rings is 1. The lowest BCUT2D eigenvalue weighted by Crippen LogP contribution is -2.29. The number of likely N-dealkylation sites (tertiary alicyclic amines) is 1. The lowest BCUT2D eigenvalue weighted by molar-refractivity contribution is -0.126. The van der Waals surface area contributed by atoms with Crippen molar-refractivity contribution in [3.05, 3.63) is 59.0 Å². The molecule has 1 aliphatic rings. The monoisotopic (exact) mass is 394 g/mol. The number of hydrogen-bond donors (Lipinski definition) is 1. The molecule has 1 N–H and O–H groups in total. The van der Waals surface area contributed by atoms with Crippen molar-refractivity contribution >= 4 is 34.3 Å². The van der Waals surface area contributed by atoms with Gasteiger partial charge >= 0.3 is 0 Å². The van der Waals surface area contributed by atoms with Crippen LogP contribution in [0.2, 0.25) is 0 Å². The minimum atomic E-state index is 0.00839. The van der Waals surface area contributed by atoms with Crippen molar-refractivity contribution in [2.45, 2.75) is 25.8 Å². The number of nitrogens with zero attached hydrogens (tertiary/aromatic N) is 5. The maximum Gasteiger partial charge on any atom is 0.247 e. The Labute approximate surface area is 167 Å². The molecule has 1 amide bonds. The Morgan fingerprint density at radius 1 is 1.36 bits per heavy atom. The number of amides is 1. The number of nitrogens with one attached hydrogen (secondary N) is 1. The zero-order chi connectivity index (χ0) is 19.5. The molecule has 7 nitrogen and oxygen atoms in total. The molecule has 3 aromatic heterocycles. The van der Waals surface area contributed by atoms with Gasteiger partial charge in [-0.25, -0.2) is 9.97 Å². The molecule has 3 aromatic rings. The van der Waals surface area contributed by atoms with Crippen molar-refractivity contribution in [2.24, 2.45) is 7.05 Å². The largest absolute Gasteiger partial charge is 0.331 e. The summed E-state index contributed by atoms with van der Waals surface area (Å²) in [5.41, 5.74) is 2.96. The maximum atomic E-state index is 12.7. The summed E-state index contributed by atoms with van der Waals surface area (Å²) in [4.78, 5) is 23.7. The number of carbonyl (C=O) groups excluding carboxylic acids is 1. The Morgan fingerprint density at radius 2 is 2.25 bits per heavy atom. The first kappa shape index (κ1) is 18.4. The second kappa shape index (κ2) is 7.93. The summed E-state index contributed by atoms with van der Waals surface area (Å²) in [7, 11) is 1.86. The SMILES string of the molecule is Cc1ccc(Nc2nc([C@@H]3CCCN3C(=O)/C=C/c3cnn(C)c3)cs2)nc1. The van der Waals surface area contributed by atoms with Crippen molar-refractivity contribution < 1.29 is 4.79 Å². The fourth-order valence-corrected chi connectivity index (χ4v) is 4.04. The van der Waals surface area contributed by atoms with Gasteiger partial charge in [0.05, 0.1) is 17.9 Å². The van der Waals surface area contributed by atoms with Gasteiger partial charge in [0.15, 0.2) is 5.13 Å². The normalized spacial score (nSPS) is 16.8. The van der Waals surface area contributed by atoms with Crippen LogP contribution in [-0.4, -0.2) is 37.1 Å². The van der Waals surface area contributed by atoms with E-state index in [4.69, 9.17) is 4.98 Å². The van der Waals surface area contributed by atoms with E-state index in [-0.39, 0.29) is 11.9 Å². The van der Waals surface area contributed by atoms with Crippen LogP contribution < -0.4 is 5.32 Å². The Balaban J connectivity index is 1.44. The minimum absolute atomic E-state index is 0.00839. The lowest BCUT2D eigenvalue weighted by atomic mass is 10.1. The molecule has 1 atom stereocenters. The Morgan fingerprint density at radius 3 is 3.00 bits per heavy atom. The molecule has 0 saturated carbocycles. The van der Waals surface area contributed by atoms with Crippen molar-refractivity contribution in [1.29, 1.82) is 0 Å².